The maximum atomic E-state index is 12.9. The maximum absolute atomic E-state index is 12.9. The topological polar surface area (TPSA) is 104 Å². The zero-order valence-corrected chi connectivity index (χ0v) is 14.0. The summed E-state index contributed by atoms with van der Waals surface area (Å²) in [7, 11) is -1.94. The summed E-state index contributed by atoms with van der Waals surface area (Å²) in [6.45, 7) is 0. The lowest BCUT2D eigenvalue weighted by molar-refractivity contribution is -0.0891. The molecule has 0 unspecified atom stereocenters. The molecule has 0 saturated carbocycles. The van der Waals surface area contributed by atoms with Gasteiger partial charge in [-0.15, -0.1) is 0 Å². The molecule has 0 aliphatic heterocycles. The highest BCUT2D eigenvalue weighted by molar-refractivity contribution is 7.89. The third kappa shape index (κ3) is 3.99. The second-order valence-corrected chi connectivity index (χ2v) is 6.63. The molecule has 0 saturated heterocycles. The van der Waals surface area contributed by atoms with Gasteiger partial charge in [0.2, 0.25) is 0 Å². The molecule has 0 bridgehead atoms. The molecule has 7 nitrogen and oxygen atoms in total. The molecule has 2 aromatic rings. The van der Waals surface area contributed by atoms with Crippen LogP contribution in [0.4, 0.5) is 13.2 Å². The summed E-state index contributed by atoms with van der Waals surface area (Å²) < 4.78 is 67.4. The Kier molecular flexibility index (Phi) is 4.91. The number of ether oxygens (including phenoxy) is 1. The van der Waals surface area contributed by atoms with Crippen LogP contribution in [-0.4, -0.2) is 37.3 Å². The van der Waals surface area contributed by atoms with Crippen molar-refractivity contribution in [1.82, 2.24) is 9.78 Å². The molecule has 11 heteroatoms. The van der Waals surface area contributed by atoms with E-state index in [9.17, 15) is 26.4 Å². The number of benzene rings is 1. The van der Waals surface area contributed by atoms with Gasteiger partial charge in [-0.05, 0) is 17.7 Å². The van der Waals surface area contributed by atoms with Gasteiger partial charge in [0.15, 0.2) is 5.03 Å². The highest BCUT2D eigenvalue weighted by Gasteiger charge is 2.44. The Morgan fingerprint density at radius 1 is 1.28 bits per heavy atom. The number of carbonyl (C=O) groups excluding carboxylic acids is 1. The number of halogens is 3. The van der Waals surface area contributed by atoms with Crippen molar-refractivity contribution in [2.75, 3.05) is 7.11 Å². The van der Waals surface area contributed by atoms with Crippen molar-refractivity contribution in [2.45, 2.75) is 17.6 Å². The summed E-state index contributed by atoms with van der Waals surface area (Å²) in [6, 6.07) is 6.16. The molecular weight excluding hydrogens is 363 g/mol. The molecule has 136 valence electrons. The zero-order chi connectivity index (χ0) is 19.0. The number of alkyl halides is 3. The molecule has 1 aromatic carbocycles. The summed E-state index contributed by atoms with van der Waals surface area (Å²) in [5.74, 6) is -1.69. The number of aryl methyl sites for hydroxylation is 1. The number of carbonyl (C=O) groups is 1. The highest BCUT2D eigenvalue weighted by Crippen LogP contribution is 2.28. The molecule has 0 radical (unpaired) electrons. The van der Waals surface area contributed by atoms with Gasteiger partial charge in [-0.1, -0.05) is 12.1 Å². The number of Topliss-reactive ketones (excluding diaryl/α,β-unsaturated/α-hetero) is 1. The van der Waals surface area contributed by atoms with Crippen molar-refractivity contribution in [2.24, 2.45) is 12.2 Å². The number of ketones is 1. The Bertz CT molecular complexity index is 903. The van der Waals surface area contributed by atoms with Gasteiger partial charge in [0.25, 0.3) is 15.8 Å². The van der Waals surface area contributed by atoms with Crippen LogP contribution in [0.5, 0.6) is 5.75 Å². The predicted octanol–water partition coefficient (Wildman–Crippen LogP) is 1.41. The van der Waals surface area contributed by atoms with Crippen molar-refractivity contribution in [3.05, 3.63) is 41.1 Å². The molecule has 0 atom stereocenters. The van der Waals surface area contributed by atoms with E-state index in [-0.39, 0.29) is 6.42 Å². The first-order valence-corrected chi connectivity index (χ1v) is 8.33. The SMILES string of the molecule is COc1ccc(Cc2c(S(N)(=O)=O)nn(C)c2C(=O)C(F)(F)F)cc1. The second-order valence-electron chi connectivity index (χ2n) is 5.15. The minimum atomic E-state index is -5.18. The number of sulfonamides is 1. The van der Waals surface area contributed by atoms with Crippen LogP contribution in [0.3, 0.4) is 0 Å². The van der Waals surface area contributed by atoms with Crippen LogP contribution in [0.25, 0.3) is 0 Å². The first kappa shape index (κ1) is 18.9. The van der Waals surface area contributed by atoms with Crippen LogP contribution in [0.1, 0.15) is 21.6 Å². The van der Waals surface area contributed by atoms with E-state index >= 15 is 0 Å². The summed E-state index contributed by atoms with van der Waals surface area (Å²) in [4.78, 5) is 11.7. The average Bonchev–Trinajstić information content (AvgIpc) is 2.83. The number of aromatic nitrogens is 2. The van der Waals surface area contributed by atoms with E-state index in [1.165, 1.54) is 19.2 Å². The van der Waals surface area contributed by atoms with E-state index in [4.69, 9.17) is 9.88 Å². The maximum Gasteiger partial charge on any atom is 0.456 e. The standard InChI is InChI=1S/C14H14F3N3O4S/c1-20-11(12(21)14(15,16)17)10(13(19-20)25(18,22)23)7-8-3-5-9(24-2)6-4-8/h3-6H,7H2,1-2H3,(H2,18,22,23). The predicted molar refractivity (Wildman–Crippen MR) is 80.8 cm³/mol. The number of primary sulfonamides is 1. The minimum Gasteiger partial charge on any atom is -0.497 e. The lowest BCUT2D eigenvalue weighted by atomic mass is 10.0. The quantitative estimate of drug-likeness (QED) is 0.794. The zero-order valence-electron chi connectivity index (χ0n) is 13.2. The number of hydrogen-bond donors (Lipinski definition) is 1. The Balaban J connectivity index is 2.61. The number of nitrogens with zero attached hydrogens (tertiary/aromatic N) is 2. The summed E-state index contributed by atoms with van der Waals surface area (Å²) >= 11 is 0. The highest BCUT2D eigenvalue weighted by atomic mass is 32.2. The molecule has 0 spiro atoms. The molecule has 1 aromatic heterocycles. The van der Waals surface area contributed by atoms with E-state index in [1.807, 2.05) is 0 Å². The third-order valence-corrected chi connectivity index (χ3v) is 4.26. The second kappa shape index (κ2) is 6.48. The molecule has 2 rings (SSSR count). The van der Waals surface area contributed by atoms with Gasteiger partial charge in [0.05, 0.1) is 7.11 Å². The van der Waals surface area contributed by atoms with Crippen LogP contribution >= 0.6 is 0 Å². The van der Waals surface area contributed by atoms with Gasteiger partial charge in [-0.2, -0.15) is 18.3 Å². The van der Waals surface area contributed by atoms with Gasteiger partial charge in [-0.25, -0.2) is 13.6 Å². The van der Waals surface area contributed by atoms with Gasteiger partial charge in [-0.3, -0.25) is 9.48 Å². The number of hydrogen-bond acceptors (Lipinski definition) is 5. The molecule has 0 aliphatic rings. The van der Waals surface area contributed by atoms with Gasteiger partial charge in [0, 0.05) is 19.0 Å². The van der Waals surface area contributed by atoms with E-state index in [1.54, 1.807) is 12.1 Å². The lowest BCUT2D eigenvalue weighted by Crippen LogP contribution is -2.26. The third-order valence-electron chi connectivity index (χ3n) is 3.39. The molecule has 25 heavy (non-hydrogen) atoms. The normalized spacial score (nSPS) is 12.2. The van der Waals surface area contributed by atoms with E-state index in [0.717, 1.165) is 7.05 Å². The van der Waals surface area contributed by atoms with Gasteiger partial charge >= 0.3 is 6.18 Å². The van der Waals surface area contributed by atoms with Crippen molar-refractivity contribution in [3.63, 3.8) is 0 Å². The Hall–Kier alpha value is -2.40. The van der Waals surface area contributed by atoms with Crippen LogP contribution < -0.4 is 9.88 Å². The summed E-state index contributed by atoms with van der Waals surface area (Å²) in [6.07, 6.45) is -5.46. The Morgan fingerprint density at radius 2 is 1.84 bits per heavy atom. The first-order valence-electron chi connectivity index (χ1n) is 6.78. The average molecular weight is 377 g/mol. The van der Waals surface area contributed by atoms with Crippen LogP contribution in [0.15, 0.2) is 29.3 Å². The molecule has 0 fully saturated rings. The molecule has 0 aliphatic carbocycles. The van der Waals surface area contributed by atoms with Crippen molar-refractivity contribution >= 4 is 15.8 Å². The Labute approximate surface area is 141 Å². The van der Waals surface area contributed by atoms with Crippen LogP contribution in [-0.2, 0) is 23.5 Å². The van der Waals surface area contributed by atoms with Gasteiger partial charge < -0.3 is 4.74 Å². The summed E-state index contributed by atoms with van der Waals surface area (Å²) in [5, 5.41) is 7.77. The lowest BCUT2D eigenvalue weighted by Gasteiger charge is -2.09. The van der Waals surface area contributed by atoms with Crippen molar-refractivity contribution in [3.8, 4) is 5.75 Å². The monoisotopic (exact) mass is 377 g/mol. The van der Waals surface area contributed by atoms with Gasteiger partial charge in [0.1, 0.15) is 11.4 Å². The fraction of sp³-hybridized carbons (Fsp3) is 0.286. The fourth-order valence-corrected chi connectivity index (χ4v) is 3.05. The van der Waals surface area contributed by atoms with E-state index in [2.05, 4.69) is 5.10 Å². The molecule has 1 heterocycles. The van der Waals surface area contributed by atoms with E-state index in [0.29, 0.717) is 16.0 Å². The summed E-state index contributed by atoms with van der Waals surface area (Å²) in [5.41, 5.74) is -0.820. The fourth-order valence-electron chi connectivity index (χ4n) is 2.30. The molecule has 0 amide bonds. The van der Waals surface area contributed by atoms with Crippen molar-refractivity contribution in [1.29, 1.82) is 0 Å². The van der Waals surface area contributed by atoms with Crippen molar-refractivity contribution < 1.29 is 31.1 Å². The number of rotatable bonds is 5. The van der Waals surface area contributed by atoms with Crippen LogP contribution in [0, 0.1) is 0 Å². The number of methoxy groups -OCH3 is 1. The first-order chi connectivity index (χ1) is 11.4. The minimum absolute atomic E-state index is 0.277. The van der Waals surface area contributed by atoms with Crippen LogP contribution in [0.2, 0.25) is 0 Å². The largest absolute Gasteiger partial charge is 0.497 e. The molecular formula is C14H14F3N3O4S. The number of nitrogens with two attached hydrogens (primary N) is 1. The van der Waals surface area contributed by atoms with E-state index < -0.39 is 38.3 Å². The molecule has 2 N–H and O–H groups in total. The smallest absolute Gasteiger partial charge is 0.456 e. The Morgan fingerprint density at radius 3 is 2.28 bits per heavy atom.